The Morgan fingerprint density at radius 3 is 2.66 bits per heavy atom. The van der Waals surface area contributed by atoms with Crippen LogP contribution in [0, 0.1) is 5.92 Å². The number of hydrogen-bond acceptors (Lipinski definition) is 8. The first-order valence-corrected chi connectivity index (χ1v) is 17.8. The van der Waals surface area contributed by atoms with Gasteiger partial charge in [-0.1, -0.05) is 41.9 Å². The molecule has 15 heteroatoms. The number of aliphatic hydroxyl groups is 2. The number of alkyl halides is 3. The lowest BCUT2D eigenvalue weighted by molar-refractivity contribution is -0.143. The van der Waals surface area contributed by atoms with Gasteiger partial charge in [0.15, 0.2) is 0 Å². The Morgan fingerprint density at radius 2 is 1.89 bits per heavy atom. The normalized spacial score (nSPS) is 20.5. The maximum atomic E-state index is 13.9. The van der Waals surface area contributed by atoms with Crippen molar-refractivity contribution < 1.29 is 37.7 Å². The van der Waals surface area contributed by atoms with Crippen LogP contribution >= 0.6 is 11.6 Å². The van der Waals surface area contributed by atoms with Crippen LogP contribution in [0.4, 0.5) is 13.2 Å². The van der Waals surface area contributed by atoms with Crippen molar-refractivity contribution >= 4 is 23.4 Å². The Balaban J connectivity index is 1.15. The second-order valence-electron chi connectivity index (χ2n) is 13.5. The molecule has 2 amide bonds. The van der Waals surface area contributed by atoms with Crippen LogP contribution < -0.4 is 15.4 Å². The zero-order chi connectivity index (χ0) is 37.5. The predicted molar refractivity (Wildman–Crippen MR) is 191 cm³/mol. The Labute approximate surface area is 310 Å². The van der Waals surface area contributed by atoms with Crippen LogP contribution in [0.25, 0.3) is 5.69 Å². The molecule has 0 radical (unpaired) electrons. The number of fused-ring (bicyclic) bond motifs is 1. The number of para-hydroxylation sites is 1. The predicted octanol–water partition coefficient (Wildman–Crippen LogP) is 3.91. The molecule has 0 aliphatic carbocycles. The van der Waals surface area contributed by atoms with E-state index in [9.17, 15) is 33.0 Å². The van der Waals surface area contributed by atoms with Crippen molar-refractivity contribution in [2.45, 2.75) is 49.9 Å². The first-order valence-electron chi connectivity index (χ1n) is 17.4. The van der Waals surface area contributed by atoms with Gasteiger partial charge in [-0.15, -0.1) is 0 Å². The number of β-amino-alcohol motifs (C(OH)–C–C–N with tert-alkyl or cyclic N) is 1. The monoisotopic (exact) mass is 754 g/mol. The van der Waals surface area contributed by atoms with Gasteiger partial charge in [0.2, 0.25) is 11.8 Å². The highest BCUT2D eigenvalue weighted by molar-refractivity contribution is 6.30. The van der Waals surface area contributed by atoms with Crippen LogP contribution in [0.1, 0.15) is 29.2 Å². The van der Waals surface area contributed by atoms with Gasteiger partial charge in [-0.2, -0.15) is 13.2 Å². The molecule has 6 rings (SSSR count). The quantitative estimate of drug-likeness (QED) is 0.162. The lowest BCUT2D eigenvalue weighted by atomic mass is 9.91. The molecule has 2 aliphatic rings. The molecule has 4 heterocycles. The van der Waals surface area contributed by atoms with E-state index in [4.69, 9.17) is 16.3 Å². The summed E-state index contributed by atoms with van der Waals surface area (Å²) in [5.41, 5.74) is 3.20. The number of aliphatic hydroxyl groups excluding tert-OH is 2. The van der Waals surface area contributed by atoms with Crippen molar-refractivity contribution in [3.63, 3.8) is 0 Å². The number of carbonyl (C=O) groups is 2. The largest absolute Gasteiger partial charge is 0.490 e. The third kappa shape index (κ3) is 10.4. The van der Waals surface area contributed by atoms with E-state index in [1.165, 1.54) is 0 Å². The van der Waals surface area contributed by atoms with Crippen LogP contribution in [0.15, 0.2) is 91.5 Å². The fourth-order valence-corrected chi connectivity index (χ4v) is 7.12. The lowest BCUT2D eigenvalue weighted by Gasteiger charge is -2.41. The number of nitrogens with zero attached hydrogens (tertiary/aromatic N) is 4. The van der Waals surface area contributed by atoms with Crippen LogP contribution in [0.3, 0.4) is 0 Å². The molecule has 4 N–H and O–H groups in total. The number of amides is 2. The highest BCUT2D eigenvalue weighted by Crippen LogP contribution is 2.32. The van der Waals surface area contributed by atoms with E-state index in [1.54, 1.807) is 53.7 Å². The minimum Gasteiger partial charge on any atom is -0.490 e. The summed E-state index contributed by atoms with van der Waals surface area (Å²) in [4.78, 5) is 35.0. The third-order valence-electron chi connectivity index (χ3n) is 9.53. The van der Waals surface area contributed by atoms with E-state index in [0.717, 1.165) is 16.8 Å². The third-order valence-corrected chi connectivity index (χ3v) is 9.77. The maximum absolute atomic E-state index is 13.9. The van der Waals surface area contributed by atoms with Crippen molar-refractivity contribution in [2.75, 3.05) is 39.3 Å². The van der Waals surface area contributed by atoms with Crippen LogP contribution in [0.2, 0.25) is 5.02 Å². The summed E-state index contributed by atoms with van der Waals surface area (Å²) in [5, 5.41) is 27.8. The maximum Gasteiger partial charge on any atom is 0.405 e. The molecule has 1 unspecified atom stereocenters. The summed E-state index contributed by atoms with van der Waals surface area (Å²) in [6, 6.07) is 18.3. The van der Waals surface area contributed by atoms with Crippen molar-refractivity contribution in [3.05, 3.63) is 113 Å². The van der Waals surface area contributed by atoms with Crippen molar-refractivity contribution in [3.8, 4) is 11.4 Å². The number of halogens is 4. The topological polar surface area (TPSA) is 132 Å². The van der Waals surface area contributed by atoms with Gasteiger partial charge in [0.1, 0.15) is 31.0 Å². The number of ether oxygens (including phenoxy) is 1. The Hall–Kier alpha value is -4.47. The van der Waals surface area contributed by atoms with Crippen LogP contribution in [-0.4, -0.2) is 105 Å². The summed E-state index contributed by atoms with van der Waals surface area (Å²) in [6.07, 6.45) is 0.572. The highest BCUT2D eigenvalue weighted by atomic mass is 35.5. The number of carbonyl (C=O) groups excluding carboxylic acids is 2. The fourth-order valence-electron chi connectivity index (χ4n) is 6.94. The van der Waals surface area contributed by atoms with Crippen LogP contribution in [-0.2, 0) is 22.6 Å². The summed E-state index contributed by atoms with van der Waals surface area (Å²) in [7, 11) is 0. The number of piperazine rings is 1. The van der Waals surface area contributed by atoms with Gasteiger partial charge in [0.05, 0.1) is 12.1 Å². The molecule has 2 aliphatic heterocycles. The van der Waals surface area contributed by atoms with Gasteiger partial charge in [-0.05, 0) is 60.4 Å². The van der Waals surface area contributed by atoms with E-state index >= 15 is 0 Å². The molecule has 2 aromatic carbocycles. The Kier molecular flexibility index (Phi) is 12.4. The zero-order valence-electron chi connectivity index (χ0n) is 28.8. The average Bonchev–Trinajstić information content (AvgIpc) is 3.61. The summed E-state index contributed by atoms with van der Waals surface area (Å²) in [6.45, 7) is -0.186. The minimum absolute atomic E-state index is 0.00461. The van der Waals surface area contributed by atoms with E-state index in [-0.39, 0.29) is 32.5 Å². The van der Waals surface area contributed by atoms with Gasteiger partial charge in [0.25, 0.3) is 0 Å². The van der Waals surface area contributed by atoms with Gasteiger partial charge in [-0.25, -0.2) is 0 Å². The fraction of sp³-hybridized carbons (Fsp3) is 0.395. The summed E-state index contributed by atoms with van der Waals surface area (Å²) >= 11 is 6.16. The first kappa shape index (κ1) is 38.3. The highest BCUT2D eigenvalue weighted by Gasteiger charge is 2.37. The van der Waals surface area contributed by atoms with Gasteiger partial charge in [0, 0.05) is 79.7 Å². The molecule has 53 heavy (non-hydrogen) atoms. The molecule has 1 saturated heterocycles. The molecule has 0 saturated carbocycles. The number of pyridine rings is 1. The number of benzene rings is 2. The average molecular weight is 755 g/mol. The molecule has 2 aromatic heterocycles. The smallest absolute Gasteiger partial charge is 0.405 e. The molecular formula is C38H42ClF3N6O5. The van der Waals surface area contributed by atoms with Gasteiger partial charge in [-0.3, -0.25) is 24.4 Å². The van der Waals surface area contributed by atoms with Crippen molar-refractivity contribution in [1.82, 2.24) is 30.0 Å². The van der Waals surface area contributed by atoms with Gasteiger partial charge < -0.3 is 30.2 Å². The second-order valence-corrected chi connectivity index (χ2v) is 14.0. The number of rotatable bonds is 13. The van der Waals surface area contributed by atoms with Crippen molar-refractivity contribution in [1.29, 1.82) is 0 Å². The molecular weight excluding hydrogens is 713 g/mol. The zero-order valence-corrected chi connectivity index (χ0v) is 29.6. The molecule has 4 aromatic rings. The molecule has 11 nitrogen and oxygen atoms in total. The first-order chi connectivity index (χ1) is 25.4. The summed E-state index contributed by atoms with van der Waals surface area (Å²) in [5.74, 6) is -1.41. The minimum atomic E-state index is -4.59. The number of nitrogens with one attached hydrogen (secondary N) is 2. The SMILES string of the molecule is O=C(N[C@H]1c2ccccc2OCC1O)[C@H](Cc1cccnc1)C[C@H](O)CN1CCN(Cc2ccn(-c3cccc(Cl)c3)c2)C[C@H]1C(=O)NCC(F)(F)F. The van der Waals surface area contributed by atoms with Crippen molar-refractivity contribution in [2.24, 2.45) is 5.92 Å². The molecule has 1 fully saturated rings. The lowest BCUT2D eigenvalue weighted by Crippen LogP contribution is -2.60. The van der Waals surface area contributed by atoms with E-state index in [0.29, 0.717) is 36.0 Å². The molecule has 0 bridgehead atoms. The standard InChI is InChI=1S/C38H42ClF3N6O5/c39-28-6-3-7-29(17-28)47-12-10-26(20-47)19-46-13-14-48(32(22-46)37(52)44-24-38(40,41)42)21-30(49)16-27(15-25-5-4-11-43-18-25)36(51)45-35-31-8-1-2-9-34(31)53-23-33(35)50/h1-12,17-18,20,27,30,32-33,35,49-50H,13-16,19,21-24H2,(H,44,52)(H,45,51)/t27-,30+,32+,33?,35+/m1/s1. The van der Waals surface area contributed by atoms with E-state index < -0.39 is 54.7 Å². The Bertz CT molecular complexity index is 1850. The number of hydrogen-bond donors (Lipinski definition) is 4. The molecule has 0 spiro atoms. The van der Waals surface area contributed by atoms with E-state index in [2.05, 4.69) is 10.3 Å². The van der Waals surface area contributed by atoms with Gasteiger partial charge >= 0.3 is 6.18 Å². The Morgan fingerprint density at radius 1 is 1.06 bits per heavy atom. The summed E-state index contributed by atoms with van der Waals surface area (Å²) < 4.78 is 47.0. The molecule has 282 valence electrons. The second kappa shape index (κ2) is 17.1. The van der Waals surface area contributed by atoms with E-state index in [1.807, 2.05) is 57.5 Å². The molecule has 5 atom stereocenters. The van der Waals surface area contributed by atoms with Crippen LogP contribution in [0.5, 0.6) is 5.75 Å². The number of aromatic nitrogens is 2.